The van der Waals surface area contributed by atoms with E-state index in [0.29, 0.717) is 36.5 Å². The molecule has 1 aliphatic heterocycles. The summed E-state index contributed by atoms with van der Waals surface area (Å²) in [6.07, 6.45) is 0.209. The van der Waals surface area contributed by atoms with Crippen LogP contribution in [-0.2, 0) is 0 Å². The maximum atomic E-state index is 12.1. The predicted molar refractivity (Wildman–Crippen MR) is 63.9 cm³/mol. The number of amides is 1. The first-order chi connectivity index (χ1) is 8.11. The van der Waals surface area contributed by atoms with Crippen molar-refractivity contribution in [1.29, 1.82) is 0 Å². The molecule has 2 rings (SSSR count). The van der Waals surface area contributed by atoms with Gasteiger partial charge in [0.05, 0.1) is 18.8 Å². The molecule has 0 aromatic heterocycles. The number of methoxy groups -OCH3 is 1. The molecule has 0 radical (unpaired) electrons. The average molecular weight is 236 g/mol. The highest BCUT2D eigenvalue weighted by atomic mass is 16.5. The van der Waals surface area contributed by atoms with Crippen LogP contribution in [0.4, 0.5) is 5.69 Å². The smallest absolute Gasteiger partial charge is 0.256 e. The van der Waals surface area contributed by atoms with Crippen molar-refractivity contribution in [1.82, 2.24) is 4.90 Å². The molecule has 1 heterocycles. The second-order valence-electron chi connectivity index (χ2n) is 4.15. The van der Waals surface area contributed by atoms with Crippen molar-refractivity contribution < 1.29 is 14.6 Å². The number of benzene rings is 1. The Labute approximate surface area is 99.8 Å². The highest BCUT2D eigenvalue weighted by Crippen LogP contribution is 2.22. The largest absolute Gasteiger partial charge is 0.497 e. The monoisotopic (exact) mass is 236 g/mol. The number of carbonyl (C=O) groups is 1. The third kappa shape index (κ3) is 2.34. The van der Waals surface area contributed by atoms with Gasteiger partial charge < -0.3 is 20.5 Å². The molecule has 0 aliphatic carbocycles. The summed E-state index contributed by atoms with van der Waals surface area (Å²) in [6, 6.07) is 4.98. The molecule has 1 aliphatic rings. The number of nitrogen functional groups attached to an aromatic ring is 1. The van der Waals surface area contributed by atoms with Gasteiger partial charge in [0, 0.05) is 24.8 Å². The molecule has 1 aromatic rings. The molecule has 0 spiro atoms. The van der Waals surface area contributed by atoms with Crippen LogP contribution in [0.15, 0.2) is 18.2 Å². The van der Waals surface area contributed by atoms with Crippen molar-refractivity contribution in [2.45, 2.75) is 12.5 Å². The maximum Gasteiger partial charge on any atom is 0.256 e. The topological polar surface area (TPSA) is 75.8 Å². The number of nitrogens with zero attached hydrogens (tertiary/aromatic N) is 1. The number of β-amino-alcohol motifs (C(OH)–C–C–N with tert-alkyl or cyclic N) is 1. The van der Waals surface area contributed by atoms with E-state index in [1.165, 1.54) is 0 Å². The van der Waals surface area contributed by atoms with E-state index in [4.69, 9.17) is 10.5 Å². The van der Waals surface area contributed by atoms with Gasteiger partial charge in [0.25, 0.3) is 5.91 Å². The number of anilines is 1. The Hall–Kier alpha value is -1.75. The van der Waals surface area contributed by atoms with Crippen molar-refractivity contribution in [3.05, 3.63) is 23.8 Å². The van der Waals surface area contributed by atoms with Gasteiger partial charge in [-0.15, -0.1) is 0 Å². The van der Waals surface area contributed by atoms with Crippen molar-refractivity contribution in [2.24, 2.45) is 0 Å². The van der Waals surface area contributed by atoms with Crippen LogP contribution in [0.25, 0.3) is 0 Å². The Morgan fingerprint density at radius 3 is 2.88 bits per heavy atom. The van der Waals surface area contributed by atoms with Gasteiger partial charge in [-0.3, -0.25) is 4.79 Å². The summed E-state index contributed by atoms with van der Waals surface area (Å²) in [5, 5.41) is 9.40. The zero-order chi connectivity index (χ0) is 12.4. The predicted octanol–water partition coefficient (Wildman–Crippen LogP) is 0.484. The minimum atomic E-state index is -0.418. The molecule has 1 fully saturated rings. The lowest BCUT2D eigenvalue weighted by Crippen LogP contribution is -2.30. The van der Waals surface area contributed by atoms with E-state index in [2.05, 4.69) is 0 Å². The lowest BCUT2D eigenvalue weighted by Gasteiger charge is -2.17. The number of hydrogen-bond donors (Lipinski definition) is 2. The van der Waals surface area contributed by atoms with Crippen LogP contribution in [0.3, 0.4) is 0 Å². The molecule has 1 amide bonds. The minimum absolute atomic E-state index is 0.137. The fourth-order valence-electron chi connectivity index (χ4n) is 1.96. The van der Waals surface area contributed by atoms with Crippen LogP contribution < -0.4 is 10.5 Å². The summed E-state index contributed by atoms with van der Waals surface area (Å²) in [5.74, 6) is 0.488. The Bertz CT molecular complexity index is 434. The van der Waals surface area contributed by atoms with E-state index in [1.54, 1.807) is 30.2 Å². The van der Waals surface area contributed by atoms with Gasteiger partial charge in [0.1, 0.15) is 5.75 Å². The first-order valence-electron chi connectivity index (χ1n) is 5.52. The standard InChI is InChI=1S/C12H16N2O3/c1-17-9-2-3-10(11(13)6-9)12(16)14-5-4-8(15)7-14/h2-3,6,8,15H,4-5,7,13H2,1H3/t8-/m0/s1. The van der Waals surface area contributed by atoms with Crippen LogP contribution in [0.5, 0.6) is 5.75 Å². The number of rotatable bonds is 2. The molecule has 1 aromatic carbocycles. The van der Waals surface area contributed by atoms with Gasteiger partial charge in [-0.05, 0) is 18.6 Å². The maximum absolute atomic E-state index is 12.1. The molecule has 0 unspecified atom stereocenters. The number of carbonyl (C=O) groups excluding carboxylic acids is 1. The van der Waals surface area contributed by atoms with Gasteiger partial charge in [-0.1, -0.05) is 0 Å². The van der Waals surface area contributed by atoms with Gasteiger partial charge in [0.2, 0.25) is 0 Å². The highest BCUT2D eigenvalue weighted by Gasteiger charge is 2.26. The van der Waals surface area contributed by atoms with E-state index >= 15 is 0 Å². The number of ether oxygens (including phenoxy) is 1. The van der Waals surface area contributed by atoms with Crippen molar-refractivity contribution in [3.63, 3.8) is 0 Å². The molecule has 1 atom stereocenters. The van der Waals surface area contributed by atoms with Crippen molar-refractivity contribution >= 4 is 11.6 Å². The molecular weight excluding hydrogens is 220 g/mol. The first-order valence-corrected chi connectivity index (χ1v) is 5.52. The second kappa shape index (κ2) is 4.63. The van der Waals surface area contributed by atoms with Crippen LogP contribution in [0, 0.1) is 0 Å². The fraction of sp³-hybridized carbons (Fsp3) is 0.417. The Morgan fingerprint density at radius 2 is 2.35 bits per heavy atom. The Morgan fingerprint density at radius 1 is 1.59 bits per heavy atom. The number of likely N-dealkylation sites (tertiary alicyclic amines) is 1. The molecule has 3 N–H and O–H groups in total. The molecule has 92 valence electrons. The van der Waals surface area contributed by atoms with E-state index in [-0.39, 0.29) is 5.91 Å². The first kappa shape index (κ1) is 11.7. The number of hydrogen-bond acceptors (Lipinski definition) is 4. The third-order valence-electron chi connectivity index (χ3n) is 2.94. The number of nitrogens with two attached hydrogens (primary N) is 1. The van der Waals surface area contributed by atoms with Crippen molar-refractivity contribution in [2.75, 3.05) is 25.9 Å². The van der Waals surface area contributed by atoms with E-state index < -0.39 is 6.10 Å². The lowest BCUT2D eigenvalue weighted by molar-refractivity contribution is 0.0766. The lowest BCUT2D eigenvalue weighted by atomic mass is 10.1. The van der Waals surface area contributed by atoms with Crippen LogP contribution in [0.2, 0.25) is 0 Å². The van der Waals surface area contributed by atoms with Gasteiger partial charge in [-0.25, -0.2) is 0 Å². The molecule has 17 heavy (non-hydrogen) atoms. The average Bonchev–Trinajstić information content (AvgIpc) is 2.75. The molecule has 5 heteroatoms. The van der Waals surface area contributed by atoms with Gasteiger partial charge >= 0.3 is 0 Å². The Kier molecular flexibility index (Phi) is 3.19. The zero-order valence-corrected chi connectivity index (χ0v) is 9.72. The second-order valence-corrected chi connectivity index (χ2v) is 4.15. The van der Waals surface area contributed by atoms with Crippen LogP contribution >= 0.6 is 0 Å². The SMILES string of the molecule is COc1ccc(C(=O)N2CC[C@H](O)C2)c(N)c1. The minimum Gasteiger partial charge on any atom is -0.497 e. The summed E-state index contributed by atoms with van der Waals surface area (Å²) in [6.45, 7) is 0.954. The summed E-state index contributed by atoms with van der Waals surface area (Å²) in [7, 11) is 1.55. The normalized spacial score (nSPS) is 19.4. The molecule has 5 nitrogen and oxygen atoms in total. The quantitative estimate of drug-likeness (QED) is 0.732. The zero-order valence-electron chi connectivity index (χ0n) is 9.72. The summed E-state index contributed by atoms with van der Waals surface area (Å²) in [4.78, 5) is 13.7. The van der Waals surface area contributed by atoms with Gasteiger partial charge in [-0.2, -0.15) is 0 Å². The third-order valence-corrected chi connectivity index (χ3v) is 2.94. The molecule has 0 bridgehead atoms. The van der Waals surface area contributed by atoms with E-state index in [9.17, 15) is 9.90 Å². The van der Waals surface area contributed by atoms with Crippen LogP contribution in [-0.4, -0.2) is 42.2 Å². The van der Waals surface area contributed by atoms with Gasteiger partial charge in [0.15, 0.2) is 0 Å². The van der Waals surface area contributed by atoms with Crippen LogP contribution in [0.1, 0.15) is 16.8 Å². The molecule has 0 saturated carbocycles. The molecule has 1 saturated heterocycles. The summed E-state index contributed by atoms with van der Waals surface area (Å²) in [5.41, 5.74) is 6.67. The number of aliphatic hydroxyl groups excluding tert-OH is 1. The number of aliphatic hydroxyl groups is 1. The fourth-order valence-corrected chi connectivity index (χ4v) is 1.96. The van der Waals surface area contributed by atoms with E-state index in [1.807, 2.05) is 0 Å². The summed E-state index contributed by atoms with van der Waals surface area (Å²) >= 11 is 0. The highest BCUT2D eigenvalue weighted by molar-refractivity contribution is 5.99. The Balaban J connectivity index is 2.19. The van der Waals surface area contributed by atoms with Crippen molar-refractivity contribution in [3.8, 4) is 5.75 Å². The van der Waals surface area contributed by atoms with E-state index in [0.717, 1.165) is 0 Å². The summed E-state index contributed by atoms with van der Waals surface area (Å²) < 4.78 is 5.03. The molecular formula is C12H16N2O3.